The molecule has 0 bridgehead atoms. The van der Waals surface area contributed by atoms with Crippen LogP contribution < -0.4 is 4.74 Å². The summed E-state index contributed by atoms with van der Waals surface area (Å²) in [5.74, 6) is -0.765. The Kier molecular flexibility index (Phi) is 5.33. The molecule has 0 unspecified atom stereocenters. The number of ether oxygens (including phenoxy) is 2. The first-order valence-corrected chi connectivity index (χ1v) is 10.6. The van der Waals surface area contributed by atoms with Gasteiger partial charge in [0, 0.05) is 0 Å². The van der Waals surface area contributed by atoms with Gasteiger partial charge in [-0.15, -0.1) is 0 Å². The molecule has 0 N–H and O–H groups in total. The predicted molar refractivity (Wildman–Crippen MR) is 121 cm³/mol. The molecule has 8 heteroatoms. The molecule has 0 fully saturated rings. The summed E-state index contributed by atoms with van der Waals surface area (Å²) in [7, 11) is 0. The van der Waals surface area contributed by atoms with E-state index in [0.29, 0.717) is 17.2 Å². The Morgan fingerprint density at radius 3 is 2.18 bits per heavy atom. The monoisotopic (exact) mass is 456 g/mol. The summed E-state index contributed by atoms with van der Waals surface area (Å²) >= 11 is 0. The summed E-state index contributed by atoms with van der Waals surface area (Å²) in [4.78, 5) is 39.1. The number of aryl methyl sites for hydroxylation is 2. The number of esters is 1. The van der Waals surface area contributed by atoms with Gasteiger partial charge in [-0.1, -0.05) is 41.6 Å². The highest BCUT2D eigenvalue weighted by Crippen LogP contribution is 2.29. The topological polar surface area (TPSA) is 98.9 Å². The molecule has 3 aromatic carbocycles. The van der Waals surface area contributed by atoms with Gasteiger partial charge in [0.05, 0.1) is 22.4 Å². The van der Waals surface area contributed by atoms with E-state index < -0.39 is 24.5 Å². The molecule has 0 atom stereocenters. The molecule has 5 rings (SSSR count). The van der Waals surface area contributed by atoms with Crippen molar-refractivity contribution in [2.24, 2.45) is 0 Å². The molecule has 170 valence electrons. The lowest BCUT2D eigenvalue weighted by Gasteiger charge is -2.16. The second-order valence-electron chi connectivity index (χ2n) is 7.93. The number of imide groups is 1. The first kappa shape index (κ1) is 21.4. The minimum atomic E-state index is -0.712. The number of nitrogens with zero attached hydrogens (tertiary/aromatic N) is 2. The third-order valence-corrected chi connectivity index (χ3v) is 5.82. The van der Waals surface area contributed by atoms with E-state index in [2.05, 4.69) is 5.16 Å². The summed E-state index contributed by atoms with van der Waals surface area (Å²) in [6.07, 6.45) is 0. The molecule has 1 aliphatic rings. The van der Waals surface area contributed by atoms with Crippen LogP contribution in [0.5, 0.6) is 5.75 Å². The normalized spacial score (nSPS) is 12.8. The van der Waals surface area contributed by atoms with Gasteiger partial charge in [0.15, 0.2) is 6.73 Å². The van der Waals surface area contributed by atoms with Crippen molar-refractivity contribution in [3.8, 4) is 5.75 Å². The summed E-state index contributed by atoms with van der Waals surface area (Å²) in [5.41, 5.74) is 2.25. The highest BCUT2D eigenvalue weighted by Gasteiger charge is 2.36. The van der Waals surface area contributed by atoms with Crippen LogP contribution in [-0.2, 0) is 11.3 Å². The van der Waals surface area contributed by atoms with Gasteiger partial charge < -0.3 is 14.0 Å². The van der Waals surface area contributed by atoms with Crippen molar-refractivity contribution in [3.63, 3.8) is 0 Å². The SMILES string of the molecule is Cc1noc(C)c1COc1cc2ccccc2cc1C(=O)OCN1C(=O)c2ccccc2C1=O. The average Bonchev–Trinajstić information content (AvgIpc) is 3.30. The molecule has 0 spiro atoms. The lowest BCUT2D eigenvalue weighted by molar-refractivity contribution is 0.0225. The number of hydrogen-bond acceptors (Lipinski definition) is 7. The zero-order valence-corrected chi connectivity index (χ0v) is 18.5. The first-order valence-electron chi connectivity index (χ1n) is 10.6. The van der Waals surface area contributed by atoms with Crippen molar-refractivity contribution in [2.45, 2.75) is 20.5 Å². The minimum absolute atomic E-state index is 0.151. The zero-order valence-electron chi connectivity index (χ0n) is 18.5. The van der Waals surface area contributed by atoms with Crippen molar-refractivity contribution in [1.29, 1.82) is 0 Å². The minimum Gasteiger partial charge on any atom is -0.488 e. The lowest BCUT2D eigenvalue weighted by Crippen LogP contribution is -2.33. The summed E-state index contributed by atoms with van der Waals surface area (Å²) in [6.45, 7) is 3.25. The Morgan fingerprint density at radius 2 is 1.56 bits per heavy atom. The highest BCUT2D eigenvalue weighted by molar-refractivity contribution is 6.21. The van der Waals surface area contributed by atoms with Crippen molar-refractivity contribution in [1.82, 2.24) is 10.1 Å². The number of hydrogen-bond donors (Lipinski definition) is 0. The average molecular weight is 456 g/mol. The van der Waals surface area contributed by atoms with Gasteiger partial charge in [-0.2, -0.15) is 0 Å². The number of amides is 2. The number of carbonyl (C=O) groups excluding carboxylic acids is 3. The molecule has 0 radical (unpaired) electrons. The number of fused-ring (bicyclic) bond motifs is 2. The van der Waals surface area contributed by atoms with Crippen LogP contribution >= 0.6 is 0 Å². The van der Waals surface area contributed by atoms with E-state index >= 15 is 0 Å². The quantitative estimate of drug-likeness (QED) is 0.313. The highest BCUT2D eigenvalue weighted by atomic mass is 16.5. The van der Waals surface area contributed by atoms with E-state index in [4.69, 9.17) is 14.0 Å². The van der Waals surface area contributed by atoms with E-state index in [1.54, 1.807) is 43.3 Å². The van der Waals surface area contributed by atoms with Gasteiger partial charge in [0.25, 0.3) is 11.8 Å². The summed E-state index contributed by atoms with van der Waals surface area (Å²) < 4.78 is 16.6. The van der Waals surface area contributed by atoms with E-state index in [1.807, 2.05) is 31.2 Å². The third kappa shape index (κ3) is 3.69. The fraction of sp³-hybridized carbons (Fsp3) is 0.154. The predicted octanol–water partition coefficient (Wildman–Crippen LogP) is 4.43. The molecule has 0 saturated heterocycles. The van der Waals surface area contributed by atoms with E-state index in [0.717, 1.165) is 21.2 Å². The second kappa shape index (κ2) is 8.47. The maximum atomic E-state index is 13.1. The molecule has 1 aliphatic heterocycles. The molecule has 1 aromatic heterocycles. The van der Waals surface area contributed by atoms with Crippen LogP contribution in [0.1, 0.15) is 48.1 Å². The largest absolute Gasteiger partial charge is 0.488 e. The maximum absolute atomic E-state index is 13.1. The van der Waals surface area contributed by atoms with Crippen LogP contribution in [0.3, 0.4) is 0 Å². The van der Waals surface area contributed by atoms with Crippen LogP contribution in [0.2, 0.25) is 0 Å². The van der Waals surface area contributed by atoms with E-state index in [1.165, 1.54) is 0 Å². The Bertz CT molecular complexity index is 1400. The Labute approximate surface area is 194 Å². The molecule has 34 heavy (non-hydrogen) atoms. The van der Waals surface area contributed by atoms with Crippen molar-refractivity contribution < 1.29 is 28.4 Å². The number of rotatable bonds is 6. The van der Waals surface area contributed by atoms with Gasteiger partial charge in [-0.05, 0) is 48.9 Å². The van der Waals surface area contributed by atoms with Crippen LogP contribution in [0, 0.1) is 13.8 Å². The molecule has 8 nitrogen and oxygen atoms in total. The Morgan fingerprint density at radius 1 is 0.941 bits per heavy atom. The smallest absolute Gasteiger partial charge is 0.343 e. The fourth-order valence-electron chi connectivity index (χ4n) is 3.91. The summed E-state index contributed by atoms with van der Waals surface area (Å²) in [5, 5.41) is 5.63. The molecule has 0 saturated carbocycles. The Balaban J connectivity index is 1.39. The van der Waals surface area contributed by atoms with Gasteiger partial charge in [-0.25, -0.2) is 9.69 Å². The van der Waals surface area contributed by atoms with Crippen molar-refractivity contribution >= 4 is 28.6 Å². The van der Waals surface area contributed by atoms with Crippen molar-refractivity contribution in [3.05, 3.63) is 94.4 Å². The van der Waals surface area contributed by atoms with Crippen LogP contribution in [-0.4, -0.2) is 34.6 Å². The molecule has 2 amide bonds. The molecule has 2 heterocycles. The number of carbonyl (C=O) groups is 3. The fourth-order valence-corrected chi connectivity index (χ4v) is 3.91. The van der Waals surface area contributed by atoms with Crippen LogP contribution in [0.15, 0.2) is 65.2 Å². The molecular weight excluding hydrogens is 436 g/mol. The molecule has 4 aromatic rings. The van der Waals surface area contributed by atoms with E-state index in [9.17, 15) is 14.4 Å². The van der Waals surface area contributed by atoms with E-state index in [-0.39, 0.29) is 23.3 Å². The molecular formula is C26H20N2O6. The first-order chi connectivity index (χ1) is 16.4. The Hall–Kier alpha value is -4.46. The zero-order chi connectivity index (χ0) is 23.8. The van der Waals surface area contributed by atoms with Crippen LogP contribution in [0.25, 0.3) is 10.8 Å². The number of benzene rings is 3. The number of aromatic nitrogens is 1. The van der Waals surface area contributed by atoms with Gasteiger partial charge >= 0.3 is 5.97 Å². The maximum Gasteiger partial charge on any atom is 0.343 e. The van der Waals surface area contributed by atoms with Crippen molar-refractivity contribution in [2.75, 3.05) is 6.73 Å². The second-order valence-corrected chi connectivity index (χ2v) is 7.93. The van der Waals surface area contributed by atoms with Crippen LogP contribution in [0.4, 0.5) is 0 Å². The van der Waals surface area contributed by atoms with Gasteiger partial charge in [0.1, 0.15) is 23.7 Å². The molecule has 0 aliphatic carbocycles. The van der Waals surface area contributed by atoms with Gasteiger partial charge in [-0.3, -0.25) is 9.59 Å². The third-order valence-electron chi connectivity index (χ3n) is 5.82. The van der Waals surface area contributed by atoms with Gasteiger partial charge in [0.2, 0.25) is 0 Å². The standard InChI is InChI=1S/C26H20N2O6/c1-15-22(16(2)34-27-15)13-32-23-12-18-8-4-3-7-17(18)11-21(23)26(31)33-14-28-24(29)19-9-5-6-10-20(19)25(28)30/h3-12H,13-14H2,1-2H3. The summed E-state index contributed by atoms with van der Waals surface area (Å²) in [6, 6.07) is 17.5. The lowest BCUT2D eigenvalue weighted by atomic mass is 10.1.